The maximum absolute atomic E-state index is 11.9. The number of carbonyl (C=O) groups is 1. The minimum atomic E-state index is -3.49. The van der Waals surface area contributed by atoms with E-state index in [1.807, 2.05) is 0 Å². The van der Waals surface area contributed by atoms with Crippen molar-refractivity contribution in [3.8, 4) is 0 Å². The van der Waals surface area contributed by atoms with E-state index in [1.54, 1.807) is 0 Å². The van der Waals surface area contributed by atoms with Crippen LogP contribution in [0.1, 0.15) is 10.6 Å². The van der Waals surface area contributed by atoms with Gasteiger partial charge in [0.1, 0.15) is 0 Å². The number of benzene rings is 1. The molecular formula is C13H13ClN2O4S. The summed E-state index contributed by atoms with van der Waals surface area (Å²) >= 11 is 5.59. The van der Waals surface area contributed by atoms with Gasteiger partial charge in [-0.15, -0.1) is 0 Å². The number of rotatable bonds is 4. The topological polar surface area (TPSA) is 79.6 Å². The third-order valence-electron chi connectivity index (χ3n) is 2.69. The lowest BCUT2D eigenvalue weighted by Gasteiger charge is -2.11. The number of nitrogens with zero attached hydrogens (tertiary/aromatic N) is 1. The third kappa shape index (κ3) is 3.44. The van der Waals surface area contributed by atoms with E-state index in [0.29, 0.717) is 5.69 Å². The second-order valence-corrected chi connectivity index (χ2v) is 6.89. The Kier molecular flexibility index (Phi) is 4.36. The van der Waals surface area contributed by atoms with E-state index in [-0.39, 0.29) is 15.9 Å². The predicted molar refractivity (Wildman–Crippen MR) is 79.0 cm³/mol. The molecule has 2 aromatic rings. The number of anilines is 1. The molecule has 1 aromatic carbocycles. The molecule has 8 heteroatoms. The van der Waals surface area contributed by atoms with E-state index in [2.05, 4.69) is 5.32 Å². The number of sulfonamides is 1. The second-order valence-electron chi connectivity index (χ2n) is 4.37. The molecule has 0 atom stereocenters. The average molecular weight is 329 g/mol. The van der Waals surface area contributed by atoms with Crippen LogP contribution in [0.3, 0.4) is 0 Å². The Hall–Kier alpha value is -1.83. The molecule has 0 aliphatic heterocycles. The number of hydrogen-bond acceptors (Lipinski definition) is 4. The highest BCUT2D eigenvalue weighted by Gasteiger charge is 2.17. The van der Waals surface area contributed by atoms with Crippen LogP contribution >= 0.6 is 11.6 Å². The fraction of sp³-hybridized carbons (Fsp3) is 0.154. The fourth-order valence-electron chi connectivity index (χ4n) is 1.55. The molecule has 0 aliphatic rings. The number of furan rings is 1. The van der Waals surface area contributed by atoms with Crippen molar-refractivity contribution in [3.05, 3.63) is 47.4 Å². The summed E-state index contributed by atoms with van der Waals surface area (Å²) in [5, 5.41) is 2.70. The summed E-state index contributed by atoms with van der Waals surface area (Å²) in [4.78, 5) is 12.0. The second kappa shape index (κ2) is 5.88. The van der Waals surface area contributed by atoms with Crippen molar-refractivity contribution < 1.29 is 17.6 Å². The zero-order valence-electron chi connectivity index (χ0n) is 11.3. The molecule has 21 heavy (non-hydrogen) atoms. The highest BCUT2D eigenvalue weighted by atomic mass is 35.5. The molecule has 2 rings (SSSR count). The molecule has 0 saturated carbocycles. The summed E-state index contributed by atoms with van der Waals surface area (Å²) in [5.74, 6) is -0.393. The summed E-state index contributed by atoms with van der Waals surface area (Å²) in [6.07, 6.45) is 0. The molecule has 1 N–H and O–H groups in total. The van der Waals surface area contributed by atoms with Crippen molar-refractivity contribution in [3.63, 3.8) is 0 Å². The maximum atomic E-state index is 11.9. The van der Waals surface area contributed by atoms with E-state index in [9.17, 15) is 13.2 Å². The van der Waals surface area contributed by atoms with Gasteiger partial charge < -0.3 is 9.73 Å². The van der Waals surface area contributed by atoms with E-state index in [0.717, 1.165) is 4.31 Å². The molecule has 1 heterocycles. The summed E-state index contributed by atoms with van der Waals surface area (Å²) in [7, 11) is -0.586. The van der Waals surface area contributed by atoms with Gasteiger partial charge in [0, 0.05) is 19.8 Å². The van der Waals surface area contributed by atoms with E-state index in [4.69, 9.17) is 16.0 Å². The summed E-state index contributed by atoms with van der Waals surface area (Å²) < 4.78 is 29.9. The first-order chi connectivity index (χ1) is 9.80. The number of carbonyl (C=O) groups excluding carboxylic acids is 1. The first-order valence-electron chi connectivity index (χ1n) is 5.90. The Bertz CT molecular complexity index is 751. The number of amides is 1. The monoisotopic (exact) mass is 328 g/mol. The summed E-state index contributed by atoms with van der Waals surface area (Å²) in [6, 6.07) is 8.74. The van der Waals surface area contributed by atoms with Crippen LogP contribution < -0.4 is 5.32 Å². The predicted octanol–water partition coefficient (Wildman–Crippen LogP) is 2.44. The maximum Gasteiger partial charge on any atom is 0.291 e. The van der Waals surface area contributed by atoms with Crippen LogP contribution in [0.4, 0.5) is 5.69 Å². The van der Waals surface area contributed by atoms with Gasteiger partial charge in [-0.3, -0.25) is 4.79 Å². The van der Waals surface area contributed by atoms with Crippen LogP contribution in [0.15, 0.2) is 45.7 Å². The van der Waals surface area contributed by atoms with Crippen LogP contribution in [0.2, 0.25) is 5.22 Å². The molecular weight excluding hydrogens is 316 g/mol. The van der Waals surface area contributed by atoms with Gasteiger partial charge in [-0.2, -0.15) is 0 Å². The van der Waals surface area contributed by atoms with Gasteiger partial charge >= 0.3 is 0 Å². The van der Waals surface area contributed by atoms with Gasteiger partial charge in [0.15, 0.2) is 11.0 Å². The third-order valence-corrected chi connectivity index (χ3v) is 4.72. The smallest absolute Gasteiger partial charge is 0.291 e. The first kappa shape index (κ1) is 15.6. The normalized spacial score (nSPS) is 11.6. The van der Waals surface area contributed by atoms with Crippen molar-refractivity contribution in [1.29, 1.82) is 0 Å². The summed E-state index contributed by atoms with van der Waals surface area (Å²) in [5.41, 5.74) is 0.449. The largest absolute Gasteiger partial charge is 0.440 e. The molecule has 6 nitrogen and oxygen atoms in total. The van der Waals surface area contributed by atoms with Crippen molar-refractivity contribution in [2.75, 3.05) is 19.4 Å². The standard InChI is InChI=1S/C13H13ClN2O4S/c1-16(2)21(18,19)10-5-3-9(4-6-10)15-13(17)11-7-8-12(14)20-11/h3-8H,1-2H3,(H,15,17). The van der Waals surface area contributed by atoms with Gasteiger partial charge in [-0.1, -0.05) is 0 Å². The quantitative estimate of drug-likeness (QED) is 0.934. The molecule has 1 aromatic heterocycles. The van der Waals surface area contributed by atoms with Crippen molar-refractivity contribution in [2.45, 2.75) is 4.90 Å². The van der Waals surface area contributed by atoms with Crippen molar-refractivity contribution >= 4 is 33.2 Å². The van der Waals surface area contributed by atoms with Crippen LogP contribution in [0.5, 0.6) is 0 Å². The fourth-order valence-corrected chi connectivity index (χ4v) is 2.60. The molecule has 0 unspecified atom stereocenters. The molecule has 0 aliphatic carbocycles. The van der Waals surface area contributed by atoms with Gasteiger partial charge in [-0.25, -0.2) is 12.7 Å². The lowest BCUT2D eigenvalue weighted by atomic mass is 10.3. The zero-order valence-corrected chi connectivity index (χ0v) is 12.9. The Morgan fingerprint density at radius 3 is 2.24 bits per heavy atom. The SMILES string of the molecule is CN(C)S(=O)(=O)c1ccc(NC(=O)c2ccc(Cl)o2)cc1. The lowest BCUT2D eigenvalue weighted by molar-refractivity contribution is 0.0997. The van der Waals surface area contributed by atoms with Crippen molar-refractivity contribution in [1.82, 2.24) is 4.31 Å². The Morgan fingerprint density at radius 1 is 1.14 bits per heavy atom. The summed E-state index contributed by atoms with van der Waals surface area (Å²) in [6.45, 7) is 0. The molecule has 0 spiro atoms. The average Bonchev–Trinajstić information content (AvgIpc) is 2.86. The minimum Gasteiger partial charge on any atom is -0.440 e. The zero-order chi connectivity index (χ0) is 15.6. The molecule has 0 bridgehead atoms. The van der Waals surface area contributed by atoms with E-state index < -0.39 is 15.9 Å². The molecule has 0 fully saturated rings. The molecule has 0 saturated heterocycles. The van der Waals surface area contributed by atoms with E-state index in [1.165, 1.54) is 50.5 Å². The Labute approximate surface area is 127 Å². The highest BCUT2D eigenvalue weighted by Crippen LogP contribution is 2.18. The molecule has 112 valence electrons. The van der Waals surface area contributed by atoms with Crippen LogP contribution in [0.25, 0.3) is 0 Å². The minimum absolute atomic E-state index is 0.0741. The van der Waals surface area contributed by atoms with Crippen molar-refractivity contribution in [2.24, 2.45) is 0 Å². The first-order valence-corrected chi connectivity index (χ1v) is 7.72. The van der Waals surface area contributed by atoms with Gasteiger partial charge in [-0.05, 0) is 48.0 Å². The Morgan fingerprint density at radius 2 is 1.76 bits per heavy atom. The number of halogens is 1. The van der Waals surface area contributed by atoms with Crippen LogP contribution in [0, 0.1) is 0 Å². The van der Waals surface area contributed by atoms with Gasteiger partial charge in [0.05, 0.1) is 4.90 Å². The number of hydrogen-bond donors (Lipinski definition) is 1. The highest BCUT2D eigenvalue weighted by molar-refractivity contribution is 7.89. The molecule has 1 amide bonds. The lowest BCUT2D eigenvalue weighted by Crippen LogP contribution is -2.22. The number of nitrogens with one attached hydrogen (secondary N) is 1. The Balaban J connectivity index is 2.15. The molecule has 0 radical (unpaired) electrons. The van der Waals surface area contributed by atoms with Gasteiger partial charge in [0.25, 0.3) is 5.91 Å². The van der Waals surface area contributed by atoms with E-state index >= 15 is 0 Å². The van der Waals surface area contributed by atoms with Crippen LogP contribution in [-0.2, 0) is 10.0 Å². The van der Waals surface area contributed by atoms with Gasteiger partial charge in [0.2, 0.25) is 10.0 Å². The van der Waals surface area contributed by atoms with Crippen LogP contribution in [-0.4, -0.2) is 32.7 Å².